The lowest BCUT2D eigenvalue weighted by Gasteiger charge is -2.22. The minimum absolute atomic E-state index is 0.458. The normalized spacial score (nSPS) is 14.0. The molecule has 0 aromatic heterocycles. The second-order valence-electron chi connectivity index (χ2n) is 5.63. The third kappa shape index (κ3) is 5.96. The summed E-state index contributed by atoms with van der Waals surface area (Å²) in [5.74, 6) is 1.74. The SMILES string of the molecule is CCCCOc1ccc(C(CC(C)CC)NCC)cc1. The van der Waals surface area contributed by atoms with Gasteiger partial charge in [-0.15, -0.1) is 0 Å². The maximum absolute atomic E-state index is 5.72. The third-order valence-electron chi connectivity index (χ3n) is 3.83. The van der Waals surface area contributed by atoms with E-state index < -0.39 is 0 Å². The summed E-state index contributed by atoms with van der Waals surface area (Å²) in [5, 5.41) is 3.60. The Hall–Kier alpha value is -1.02. The smallest absolute Gasteiger partial charge is 0.119 e. The lowest BCUT2D eigenvalue weighted by atomic mass is 9.94. The molecule has 0 radical (unpaired) electrons. The van der Waals surface area contributed by atoms with E-state index in [2.05, 4.69) is 57.3 Å². The summed E-state index contributed by atoms with van der Waals surface area (Å²) in [6.45, 7) is 10.8. The van der Waals surface area contributed by atoms with Gasteiger partial charge in [0.25, 0.3) is 0 Å². The largest absolute Gasteiger partial charge is 0.494 e. The fourth-order valence-corrected chi connectivity index (χ4v) is 2.28. The fourth-order valence-electron chi connectivity index (χ4n) is 2.28. The molecule has 2 unspecified atom stereocenters. The molecule has 0 aliphatic heterocycles. The Morgan fingerprint density at radius 1 is 1.10 bits per heavy atom. The van der Waals surface area contributed by atoms with Crippen molar-refractivity contribution in [3.63, 3.8) is 0 Å². The van der Waals surface area contributed by atoms with Crippen LogP contribution in [0.3, 0.4) is 0 Å². The van der Waals surface area contributed by atoms with Crippen molar-refractivity contribution in [3.8, 4) is 5.75 Å². The van der Waals surface area contributed by atoms with E-state index in [9.17, 15) is 0 Å². The molecule has 0 bridgehead atoms. The van der Waals surface area contributed by atoms with E-state index in [1.54, 1.807) is 0 Å². The molecule has 2 nitrogen and oxygen atoms in total. The van der Waals surface area contributed by atoms with Gasteiger partial charge in [0.15, 0.2) is 0 Å². The molecular weight excluding hydrogens is 246 g/mol. The molecule has 20 heavy (non-hydrogen) atoms. The summed E-state index contributed by atoms with van der Waals surface area (Å²) in [6, 6.07) is 9.07. The number of benzene rings is 1. The van der Waals surface area contributed by atoms with Crippen molar-refractivity contribution in [2.45, 2.75) is 59.4 Å². The zero-order chi connectivity index (χ0) is 14.8. The monoisotopic (exact) mass is 277 g/mol. The lowest BCUT2D eigenvalue weighted by molar-refractivity contribution is 0.309. The highest BCUT2D eigenvalue weighted by Gasteiger charge is 2.13. The minimum atomic E-state index is 0.458. The second kappa shape index (κ2) is 9.82. The highest BCUT2D eigenvalue weighted by molar-refractivity contribution is 5.29. The van der Waals surface area contributed by atoms with E-state index in [0.717, 1.165) is 31.2 Å². The van der Waals surface area contributed by atoms with Crippen molar-refractivity contribution in [2.24, 2.45) is 5.92 Å². The molecule has 1 aromatic rings. The van der Waals surface area contributed by atoms with Crippen LogP contribution in [-0.2, 0) is 0 Å². The molecule has 1 rings (SSSR count). The van der Waals surface area contributed by atoms with E-state index in [0.29, 0.717) is 6.04 Å². The second-order valence-corrected chi connectivity index (χ2v) is 5.63. The van der Waals surface area contributed by atoms with Crippen molar-refractivity contribution < 1.29 is 4.74 Å². The van der Waals surface area contributed by atoms with Gasteiger partial charge in [-0.2, -0.15) is 0 Å². The summed E-state index contributed by atoms with van der Waals surface area (Å²) in [4.78, 5) is 0. The molecule has 1 N–H and O–H groups in total. The number of hydrogen-bond acceptors (Lipinski definition) is 2. The van der Waals surface area contributed by atoms with E-state index in [4.69, 9.17) is 4.74 Å². The van der Waals surface area contributed by atoms with Gasteiger partial charge in [-0.3, -0.25) is 0 Å². The molecule has 0 saturated heterocycles. The van der Waals surface area contributed by atoms with Crippen molar-refractivity contribution in [2.75, 3.05) is 13.2 Å². The first-order valence-electron chi connectivity index (χ1n) is 8.17. The highest BCUT2D eigenvalue weighted by atomic mass is 16.5. The topological polar surface area (TPSA) is 21.3 Å². The van der Waals surface area contributed by atoms with Gasteiger partial charge in [-0.1, -0.05) is 52.7 Å². The Bertz CT molecular complexity index is 347. The van der Waals surface area contributed by atoms with E-state index >= 15 is 0 Å². The molecular formula is C18H31NO. The summed E-state index contributed by atoms with van der Waals surface area (Å²) in [7, 11) is 0. The van der Waals surface area contributed by atoms with Crippen LogP contribution in [0.2, 0.25) is 0 Å². The quantitative estimate of drug-likeness (QED) is 0.611. The zero-order valence-corrected chi connectivity index (χ0v) is 13.6. The van der Waals surface area contributed by atoms with Gasteiger partial charge in [0.1, 0.15) is 5.75 Å². The fraction of sp³-hybridized carbons (Fsp3) is 0.667. The Morgan fingerprint density at radius 2 is 1.80 bits per heavy atom. The number of nitrogens with one attached hydrogen (secondary N) is 1. The predicted molar refractivity (Wildman–Crippen MR) is 87.3 cm³/mol. The highest BCUT2D eigenvalue weighted by Crippen LogP contribution is 2.24. The molecule has 2 heteroatoms. The summed E-state index contributed by atoms with van der Waals surface area (Å²) in [6.07, 6.45) is 4.73. The van der Waals surface area contributed by atoms with Crippen LogP contribution in [0, 0.1) is 5.92 Å². The Balaban J connectivity index is 2.62. The van der Waals surface area contributed by atoms with E-state index in [-0.39, 0.29) is 0 Å². The van der Waals surface area contributed by atoms with Crippen LogP contribution in [0.4, 0.5) is 0 Å². The molecule has 0 aliphatic rings. The average Bonchev–Trinajstić information content (AvgIpc) is 2.47. The van der Waals surface area contributed by atoms with Crippen LogP contribution in [0.15, 0.2) is 24.3 Å². The van der Waals surface area contributed by atoms with Gasteiger partial charge in [-0.25, -0.2) is 0 Å². The van der Waals surface area contributed by atoms with Crippen molar-refractivity contribution in [1.29, 1.82) is 0 Å². The summed E-state index contributed by atoms with van der Waals surface area (Å²) >= 11 is 0. The van der Waals surface area contributed by atoms with Gasteiger partial charge >= 0.3 is 0 Å². The van der Waals surface area contributed by atoms with Crippen molar-refractivity contribution >= 4 is 0 Å². The van der Waals surface area contributed by atoms with Crippen LogP contribution < -0.4 is 10.1 Å². The standard InChI is InChI=1S/C18H31NO/c1-5-8-13-20-17-11-9-16(10-12-17)18(19-7-3)14-15(4)6-2/h9-12,15,18-19H,5-8,13-14H2,1-4H3. The first kappa shape index (κ1) is 17.0. The van der Waals surface area contributed by atoms with Crippen LogP contribution in [0.25, 0.3) is 0 Å². The zero-order valence-electron chi connectivity index (χ0n) is 13.6. The van der Waals surface area contributed by atoms with Crippen LogP contribution in [0.5, 0.6) is 5.75 Å². The molecule has 2 atom stereocenters. The molecule has 0 fully saturated rings. The molecule has 0 spiro atoms. The van der Waals surface area contributed by atoms with Gasteiger partial charge in [-0.05, 0) is 43.0 Å². The number of ether oxygens (including phenoxy) is 1. The van der Waals surface area contributed by atoms with E-state index in [1.165, 1.54) is 24.8 Å². The number of unbranched alkanes of at least 4 members (excludes halogenated alkanes) is 1. The lowest BCUT2D eigenvalue weighted by Crippen LogP contribution is -2.22. The Kier molecular flexibility index (Phi) is 8.36. The maximum atomic E-state index is 5.72. The first-order valence-corrected chi connectivity index (χ1v) is 8.17. The summed E-state index contributed by atoms with van der Waals surface area (Å²) in [5.41, 5.74) is 1.37. The van der Waals surface area contributed by atoms with Gasteiger partial charge in [0.05, 0.1) is 6.61 Å². The van der Waals surface area contributed by atoms with E-state index in [1.807, 2.05) is 0 Å². The molecule has 0 saturated carbocycles. The molecule has 114 valence electrons. The van der Waals surface area contributed by atoms with Gasteiger partial charge in [0.2, 0.25) is 0 Å². The van der Waals surface area contributed by atoms with Gasteiger partial charge < -0.3 is 10.1 Å². The molecule has 0 aliphatic carbocycles. The third-order valence-corrected chi connectivity index (χ3v) is 3.83. The molecule has 1 aromatic carbocycles. The van der Waals surface area contributed by atoms with Crippen LogP contribution in [-0.4, -0.2) is 13.2 Å². The Morgan fingerprint density at radius 3 is 2.35 bits per heavy atom. The van der Waals surface area contributed by atoms with Gasteiger partial charge in [0, 0.05) is 6.04 Å². The summed E-state index contributed by atoms with van der Waals surface area (Å²) < 4.78 is 5.72. The number of rotatable bonds is 10. The minimum Gasteiger partial charge on any atom is -0.494 e. The Labute approximate surface area is 124 Å². The predicted octanol–water partition coefficient (Wildman–Crippen LogP) is 4.95. The average molecular weight is 277 g/mol. The van der Waals surface area contributed by atoms with Crippen LogP contribution >= 0.6 is 0 Å². The first-order chi connectivity index (χ1) is 9.71. The maximum Gasteiger partial charge on any atom is 0.119 e. The van der Waals surface area contributed by atoms with Crippen molar-refractivity contribution in [1.82, 2.24) is 5.32 Å². The number of hydrogen-bond donors (Lipinski definition) is 1. The molecule has 0 heterocycles. The van der Waals surface area contributed by atoms with Crippen LogP contribution in [0.1, 0.15) is 65.0 Å². The van der Waals surface area contributed by atoms with Crippen molar-refractivity contribution in [3.05, 3.63) is 29.8 Å². The molecule has 0 amide bonds.